The first-order valence-electron chi connectivity index (χ1n) is 4.73. The van der Waals surface area contributed by atoms with Gasteiger partial charge in [0, 0.05) is 11.8 Å². The smallest absolute Gasteiger partial charge is 0.417 e. The third-order valence-corrected chi connectivity index (χ3v) is 2.03. The van der Waals surface area contributed by atoms with Crippen LogP contribution < -0.4 is 4.74 Å². The largest absolute Gasteiger partial charge is 0.417 e. The second kappa shape index (κ2) is 4.85. The van der Waals surface area contributed by atoms with E-state index in [2.05, 4.69) is 9.72 Å². The minimum absolute atomic E-state index is 0.000116. The molecule has 0 N–H and O–H groups in total. The van der Waals surface area contributed by atoms with E-state index in [1.54, 1.807) is 13.8 Å². The molecule has 0 aliphatic carbocycles. The minimum atomic E-state index is -4.56. The minimum Gasteiger partial charge on any atom is -0.417 e. The SMILES string of the molecule is CC(C)c1cc(C(F)(F)F)cnc1OC(F)F. The number of pyridine rings is 1. The van der Waals surface area contributed by atoms with Crippen LogP contribution in [-0.2, 0) is 6.18 Å². The number of aromatic nitrogens is 1. The van der Waals surface area contributed by atoms with Crippen LogP contribution in [0.1, 0.15) is 30.9 Å². The molecule has 1 aromatic heterocycles. The zero-order valence-electron chi connectivity index (χ0n) is 9.05. The summed E-state index contributed by atoms with van der Waals surface area (Å²) in [6, 6.07) is 0.773. The second-order valence-electron chi connectivity index (χ2n) is 3.65. The number of ether oxygens (including phenoxy) is 1. The fraction of sp³-hybridized carbons (Fsp3) is 0.500. The molecule has 17 heavy (non-hydrogen) atoms. The Bertz CT molecular complexity index is 389. The average molecular weight is 255 g/mol. The van der Waals surface area contributed by atoms with Crippen LogP contribution >= 0.6 is 0 Å². The van der Waals surface area contributed by atoms with Gasteiger partial charge in [-0.05, 0) is 12.0 Å². The van der Waals surface area contributed by atoms with E-state index in [0.717, 1.165) is 6.07 Å². The molecule has 0 aromatic carbocycles. The molecule has 0 bridgehead atoms. The van der Waals surface area contributed by atoms with Gasteiger partial charge in [0.2, 0.25) is 5.88 Å². The Morgan fingerprint density at radius 3 is 2.24 bits per heavy atom. The van der Waals surface area contributed by atoms with Crippen molar-refractivity contribution < 1.29 is 26.7 Å². The van der Waals surface area contributed by atoms with Crippen molar-refractivity contribution in [2.45, 2.75) is 32.6 Å². The van der Waals surface area contributed by atoms with E-state index in [1.165, 1.54) is 0 Å². The Hall–Kier alpha value is -1.40. The van der Waals surface area contributed by atoms with Gasteiger partial charge >= 0.3 is 12.8 Å². The molecule has 0 aliphatic heterocycles. The van der Waals surface area contributed by atoms with Crippen LogP contribution in [0.4, 0.5) is 22.0 Å². The van der Waals surface area contributed by atoms with Crippen molar-refractivity contribution in [1.29, 1.82) is 0 Å². The molecule has 1 heterocycles. The van der Waals surface area contributed by atoms with Crippen LogP contribution in [-0.4, -0.2) is 11.6 Å². The van der Waals surface area contributed by atoms with Crippen LogP contribution in [0.5, 0.6) is 5.88 Å². The van der Waals surface area contributed by atoms with Crippen LogP contribution in [0.15, 0.2) is 12.3 Å². The number of rotatable bonds is 3. The quantitative estimate of drug-likeness (QED) is 0.766. The van der Waals surface area contributed by atoms with Crippen molar-refractivity contribution in [3.05, 3.63) is 23.4 Å². The lowest BCUT2D eigenvalue weighted by molar-refractivity contribution is -0.138. The number of alkyl halides is 5. The van der Waals surface area contributed by atoms with Crippen molar-refractivity contribution in [3.63, 3.8) is 0 Å². The molecule has 1 aromatic rings. The Kier molecular flexibility index (Phi) is 3.90. The highest BCUT2D eigenvalue weighted by Gasteiger charge is 2.32. The molecule has 0 spiro atoms. The Morgan fingerprint density at radius 1 is 1.24 bits per heavy atom. The molecule has 0 saturated carbocycles. The lowest BCUT2D eigenvalue weighted by Gasteiger charge is -2.14. The van der Waals surface area contributed by atoms with Gasteiger partial charge < -0.3 is 4.74 Å². The highest BCUT2D eigenvalue weighted by atomic mass is 19.4. The molecule has 2 nitrogen and oxygen atoms in total. The first-order chi connectivity index (χ1) is 7.71. The van der Waals surface area contributed by atoms with Gasteiger partial charge in [-0.25, -0.2) is 4.98 Å². The maximum atomic E-state index is 12.4. The summed E-state index contributed by atoms with van der Waals surface area (Å²) in [6.07, 6.45) is -4.08. The van der Waals surface area contributed by atoms with Crippen molar-refractivity contribution in [2.24, 2.45) is 0 Å². The summed E-state index contributed by atoms with van der Waals surface area (Å²) in [4.78, 5) is 3.28. The van der Waals surface area contributed by atoms with Crippen LogP contribution in [0.2, 0.25) is 0 Å². The third kappa shape index (κ3) is 3.54. The number of hydrogen-bond acceptors (Lipinski definition) is 2. The van der Waals surface area contributed by atoms with Gasteiger partial charge in [0.15, 0.2) is 0 Å². The van der Waals surface area contributed by atoms with E-state index in [4.69, 9.17) is 0 Å². The van der Waals surface area contributed by atoms with Crippen LogP contribution in [0.3, 0.4) is 0 Å². The maximum absolute atomic E-state index is 12.4. The van der Waals surface area contributed by atoms with E-state index < -0.39 is 30.1 Å². The van der Waals surface area contributed by atoms with E-state index >= 15 is 0 Å². The summed E-state index contributed by atoms with van der Waals surface area (Å²) in [5.74, 6) is -0.874. The molecule has 96 valence electrons. The first kappa shape index (κ1) is 13.7. The molecular weight excluding hydrogens is 245 g/mol. The summed E-state index contributed by atoms with van der Waals surface area (Å²) < 4.78 is 65.3. The van der Waals surface area contributed by atoms with Gasteiger partial charge in [-0.15, -0.1) is 0 Å². The Labute approximate surface area is 94.4 Å². The highest BCUT2D eigenvalue weighted by molar-refractivity contribution is 5.33. The zero-order valence-corrected chi connectivity index (χ0v) is 9.05. The molecule has 7 heteroatoms. The molecule has 1 rings (SSSR count). The summed E-state index contributed by atoms with van der Waals surface area (Å²) in [5, 5.41) is 0. The molecule has 0 unspecified atom stereocenters. The first-order valence-corrected chi connectivity index (χ1v) is 4.73. The molecule has 0 fully saturated rings. The Morgan fingerprint density at radius 2 is 1.82 bits per heavy atom. The number of hydrogen-bond donors (Lipinski definition) is 0. The fourth-order valence-electron chi connectivity index (χ4n) is 1.22. The number of halogens is 5. The molecule has 0 aliphatic rings. The fourth-order valence-corrected chi connectivity index (χ4v) is 1.22. The maximum Gasteiger partial charge on any atom is 0.417 e. The summed E-state index contributed by atoms with van der Waals surface area (Å²) in [5.41, 5.74) is -0.983. The predicted octanol–water partition coefficient (Wildman–Crippen LogP) is 3.83. The van der Waals surface area contributed by atoms with Crippen molar-refractivity contribution in [2.75, 3.05) is 0 Å². The molecule has 0 amide bonds. The lowest BCUT2D eigenvalue weighted by Crippen LogP contribution is -2.11. The molecular formula is C10H10F5NO. The highest BCUT2D eigenvalue weighted by Crippen LogP contribution is 2.34. The summed E-state index contributed by atoms with van der Waals surface area (Å²) >= 11 is 0. The van der Waals surface area contributed by atoms with Gasteiger partial charge in [-0.1, -0.05) is 13.8 Å². The standard InChI is InChI=1S/C10H10F5NO/c1-5(2)7-3-6(10(13,14)15)4-16-8(7)17-9(11)12/h3-5,9H,1-2H3. The van der Waals surface area contributed by atoms with Gasteiger partial charge in [-0.3, -0.25) is 0 Å². The molecule has 0 radical (unpaired) electrons. The molecule has 0 saturated heterocycles. The van der Waals surface area contributed by atoms with Crippen LogP contribution in [0, 0.1) is 0 Å². The normalized spacial score (nSPS) is 12.3. The van der Waals surface area contributed by atoms with E-state index in [1.807, 2.05) is 0 Å². The van der Waals surface area contributed by atoms with E-state index in [9.17, 15) is 22.0 Å². The lowest BCUT2D eigenvalue weighted by atomic mass is 10.0. The number of nitrogens with zero attached hydrogens (tertiary/aromatic N) is 1. The third-order valence-electron chi connectivity index (χ3n) is 2.03. The van der Waals surface area contributed by atoms with Crippen molar-refractivity contribution >= 4 is 0 Å². The van der Waals surface area contributed by atoms with Gasteiger partial charge in [-0.2, -0.15) is 22.0 Å². The van der Waals surface area contributed by atoms with E-state index in [-0.39, 0.29) is 5.56 Å². The van der Waals surface area contributed by atoms with Gasteiger partial charge in [0.1, 0.15) is 0 Å². The predicted molar refractivity (Wildman–Crippen MR) is 50.0 cm³/mol. The zero-order chi connectivity index (χ0) is 13.2. The Balaban J connectivity index is 3.18. The summed E-state index contributed by atoms with van der Waals surface area (Å²) in [7, 11) is 0. The average Bonchev–Trinajstić information content (AvgIpc) is 2.15. The van der Waals surface area contributed by atoms with Gasteiger partial charge in [0.25, 0.3) is 0 Å². The monoisotopic (exact) mass is 255 g/mol. The second-order valence-corrected chi connectivity index (χ2v) is 3.65. The topological polar surface area (TPSA) is 22.1 Å². The summed E-state index contributed by atoms with van der Waals surface area (Å²) in [6.45, 7) is 0.0158. The van der Waals surface area contributed by atoms with Crippen molar-refractivity contribution in [3.8, 4) is 5.88 Å². The van der Waals surface area contributed by atoms with E-state index in [0.29, 0.717) is 6.20 Å². The molecule has 0 atom stereocenters. The van der Waals surface area contributed by atoms with Crippen molar-refractivity contribution in [1.82, 2.24) is 4.98 Å². The van der Waals surface area contributed by atoms with Gasteiger partial charge in [0.05, 0.1) is 5.56 Å². The van der Waals surface area contributed by atoms with Crippen LogP contribution in [0.25, 0.3) is 0 Å².